The molecule has 0 aliphatic rings. The number of rotatable bonds is 52. The van der Waals surface area contributed by atoms with E-state index < -0.39 is 12.1 Å². The molecule has 6 nitrogen and oxygen atoms in total. The lowest BCUT2D eigenvalue weighted by atomic mass is 10.0. The quantitative estimate of drug-likeness (QED) is 0.0261. The third-order valence-corrected chi connectivity index (χ3v) is 12.2. The molecule has 0 N–H and O–H groups in total. The van der Waals surface area contributed by atoms with Gasteiger partial charge < -0.3 is 14.2 Å². The maximum absolute atomic E-state index is 12.8. The number of carbonyl (C=O) groups excluding carboxylic acids is 3. The van der Waals surface area contributed by atoms with E-state index >= 15 is 0 Å². The molecule has 6 heteroatoms. The molecule has 0 rings (SSSR count). The van der Waals surface area contributed by atoms with Gasteiger partial charge in [-0.05, 0) is 103 Å². The molecule has 0 spiro atoms. The average molecular weight is 1010 g/mol. The van der Waals surface area contributed by atoms with E-state index in [4.69, 9.17) is 14.2 Å². The van der Waals surface area contributed by atoms with Crippen LogP contribution in [0.15, 0.2) is 134 Å². The number of ether oxygens (including phenoxy) is 3. The maximum Gasteiger partial charge on any atom is 0.306 e. The van der Waals surface area contributed by atoms with Crippen molar-refractivity contribution in [3.8, 4) is 0 Å². The molecule has 412 valence electrons. The van der Waals surface area contributed by atoms with Crippen LogP contribution in [0.4, 0.5) is 0 Å². The van der Waals surface area contributed by atoms with Crippen LogP contribution in [-0.4, -0.2) is 37.2 Å². The second-order valence-electron chi connectivity index (χ2n) is 19.1. The number of esters is 3. The van der Waals surface area contributed by atoms with Crippen LogP contribution in [-0.2, 0) is 28.6 Å². The van der Waals surface area contributed by atoms with Crippen LogP contribution in [0.25, 0.3) is 0 Å². The zero-order valence-corrected chi connectivity index (χ0v) is 47.1. The van der Waals surface area contributed by atoms with Gasteiger partial charge in [0.15, 0.2) is 6.10 Å². The Morgan fingerprint density at radius 1 is 0.288 bits per heavy atom. The fourth-order valence-electron chi connectivity index (χ4n) is 7.79. The molecular formula is C67H108O6. The zero-order chi connectivity index (χ0) is 52.9. The molecule has 0 radical (unpaired) electrons. The Labute approximate surface area is 449 Å². The molecule has 0 amide bonds. The molecule has 0 bridgehead atoms. The van der Waals surface area contributed by atoms with Crippen LogP contribution in [0, 0.1) is 0 Å². The Balaban J connectivity index is 4.33. The van der Waals surface area contributed by atoms with Crippen molar-refractivity contribution in [2.24, 2.45) is 0 Å². The molecule has 73 heavy (non-hydrogen) atoms. The third-order valence-electron chi connectivity index (χ3n) is 12.2. The number of hydrogen-bond donors (Lipinski definition) is 0. The zero-order valence-electron chi connectivity index (χ0n) is 47.1. The van der Waals surface area contributed by atoms with Crippen molar-refractivity contribution in [3.63, 3.8) is 0 Å². The van der Waals surface area contributed by atoms with E-state index in [0.717, 1.165) is 109 Å². The highest BCUT2D eigenvalue weighted by Crippen LogP contribution is 2.15. The molecule has 0 fully saturated rings. The summed E-state index contributed by atoms with van der Waals surface area (Å²) in [6.07, 6.45) is 84.7. The second kappa shape index (κ2) is 60.1. The first-order valence-corrected chi connectivity index (χ1v) is 29.7. The molecule has 0 aliphatic heterocycles. The molecule has 0 aromatic heterocycles. The van der Waals surface area contributed by atoms with Gasteiger partial charge in [0.1, 0.15) is 13.2 Å². The van der Waals surface area contributed by atoms with Gasteiger partial charge in [-0.3, -0.25) is 14.4 Å². The van der Waals surface area contributed by atoms with E-state index in [1.54, 1.807) is 0 Å². The molecule has 0 saturated heterocycles. The summed E-state index contributed by atoms with van der Waals surface area (Å²) in [5, 5.41) is 0. The standard InChI is InChI=1S/C67H108O6/c1-4-7-10-13-16-19-21-23-25-27-29-30-31-32-33-34-35-36-38-39-41-43-45-48-51-54-57-60-66(69)72-63-64(62-71-65(68)59-56-53-50-47-18-15-12-9-6-3)73-67(70)61-58-55-52-49-46-44-42-40-37-28-26-24-22-20-17-14-11-8-5-2/h7-8,10-11,16-17,19-20,23-26,29-30,32-33,37,40,44,46,52,55,64H,4-6,9,12-15,18,21-22,27-28,31,34-36,38-39,41-43,45,47-51,53-54,56-63H2,1-3H3/b10-7-,11-8-,19-16-,20-17-,25-23-,26-24-,30-29-,33-32-,40-37-,46-44-,55-52-. The molecule has 1 unspecified atom stereocenters. The molecule has 0 saturated carbocycles. The van der Waals surface area contributed by atoms with Crippen molar-refractivity contribution in [2.75, 3.05) is 13.2 Å². The number of hydrogen-bond acceptors (Lipinski definition) is 6. The highest BCUT2D eigenvalue weighted by Gasteiger charge is 2.19. The van der Waals surface area contributed by atoms with Crippen molar-refractivity contribution in [1.29, 1.82) is 0 Å². The first kappa shape index (κ1) is 68.6. The molecule has 0 heterocycles. The van der Waals surface area contributed by atoms with Crippen molar-refractivity contribution in [3.05, 3.63) is 134 Å². The summed E-state index contributed by atoms with van der Waals surface area (Å²) in [5.41, 5.74) is 0. The topological polar surface area (TPSA) is 78.9 Å². The maximum atomic E-state index is 12.8. The first-order valence-electron chi connectivity index (χ1n) is 29.7. The van der Waals surface area contributed by atoms with Crippen molar-refractivity contribution < 1.29 is 28.6 Å². The Hall–Kier alpha value is -4.45. The van der Waals surface area contributed by atoms with Crippen molar-refractivity contribution in [1.82, 2.24) is 0 Å². The van der Waals surface area contributed by atoms with Gasteiger partial charge in [-0.15, -0.1) is 0 Å². The Morgan fingerprint density at radius 3 is 0.890 bits per heavy atom. The fraction of sp³-hybridized carbons (Fsp3) is 0.627. The van der Waals surface area contributed by atoms with Gasteiger partial charge in [-0.1, -0.05) is 264 Å². The average Bonchev–Trinajstić information content (AvgIpc) is 3.39. The summed E-state index contributed by atoms with van der Waals surface area (Å²) in [5.74, 6) is -1.00. The van der Waals surface area contributed by atoms with E-state index in [1.807, 2.05) is 12.2 Å². The molecule has 1 atom stereocenters. The summed E-state index contributed by atoms with van der Waals surface area (Å²) >= 11 is 0. The van der Waals surface area contributed by atoms with Crippen LogP contribution in [0.1, 0.15) is 252 Å². The summed E-state index contributed by atoms with van der Waals surface area (Å²) in [7, 11) is 0. The first-order chi connectivity index (χ1) is 36.0. The van der Waals surface area contributed by atoms with Crippen LogP contribution in [0.5, 0.6) is 0 Å². The van der Waals surface area contributed by atoms with Gasteiger partial charge in [0, 0.05) is 19.3 Å². The molecular weight excluding hydrogens is 901 g/mol. The van der Waals surface area contributed by atoms with E-state index in [0.29, 0.717) is 19.3 Å². The van der Waals surface area contributed by atoms with Crippen molar-refractivity contribution >= 4 is 17.9 Å². The molecule has 0 aromatic carbocycles. The monoisotopic (exact) mass is 1010 g/mol. The van der Waals surface area contributed by atoms with Crippen LogP contribution >= 0.6 is 0 Å². The largest absolute Gasteiger partial charge is 0.462 e. The third kappa shape index (κ3) is 58.3. The number of allylic oxidation sites excluding steroid dienone is 22. The number of carbonyl (C=O) groups is 3. The fourth-order valence-corrected chi connectivity index (χ4v) is 7.79. The normalized spacial score (nSPS) is 13.1. The summed E-state index contributed by atoms with van der Waals surface area (Å²) in [6.45, 7) is 6.32. The lowest BCUT2D eigenvalue weighted by Crippen LogP contribution is -2.30. The summed E-state index contributed by atoms with van der Waals surface area (Å²) < 4.78 is 16.8. The smallest absolute Gasteiger partial charge is 0.306 e. The van der Waals surface area contributed by atoms with Gasteiger partial charge in [0.25, 0.3) is 0 Å². The lowest BCUT2D eigenvalue weighted by molar-refractivity contribution is -0.166. The van der Waals surface area contributed by atoms with Gasteiger partial charge in [0.05, 0.1) is 0 Å². The van der Waals surface area contributed by atoms with Crippen LogP contribution < -0.4 is 0 Å². The minimum Gasteiger partial charge on any atom is -0.462 e. The SMILES string of the molecule is CC/C=C\C/C=C\C/C=C\C/C=C\C/C=C\C/C=C\CCC(=O)OC(COC(=O)CCCCCCCCCCC)COC(=O)CCCCCCCCCCCCC/C=C\C/C=C\C/C=C\C/C=C\C/C=C\CC. The van der Waals surface area contributed by atoms with E-state index in [9.17, 15) is 14.4 Å². The Kier molecular flexibility index (Phi) is 56.4. The van der Waals surface area contributed by atoms with Crippen molar-refractivity contribution in [2.45, 2.75) is 258 Å². The lowest BCUT2D eigenvalue weighted by Gasteiger charge is -2.18. The van der Waals surface area contributed by atoms with Gasteiger partial charge in [0.2, 0.25) is 0 Å². The molecule has 0 aromatic rings. The highest BCUT2D eigenvalue weighted by atomic mass is 16.6. The Bertz CT molecular complexity index is 1580. The summed E-state index contributed by atoms with van der Waals surface area (Å²) in [4.78, 5) is 38.1. The second-order valence-corrected chi connectivity index (χ2v) is 19.1. The minimum absolute atomic E-state index is 0.111. The summed E-state index contributed by atoms with van der Waals surface area (Å²) in [6, 6.07) is 0. The number of unbranched alkanes of at least 4 members (excludes halogenated alkanes) is 19. The predicted octanol–water partition coefficient (Wildman–Crippen LogP) is 20.2. The highest BCUT2D eigenvalue weighted by molar-refractivity contribution is 5.71. The minimum atomic E-state index is -0.822. The van der Waals surface area contributed by atoms with Gasteiger partial charge in [-0.2, -0.15) is 0 Å². The van der Waals surface area contributed by atoms with E-state index in [-0.39, 0.29) is 31.6 Å². The van der Waals surface area contributed by atoms with Gasteiger partial charge in [-0.25, -0.2) is 0 Å². The molecule has 0 aliphatic carbocycles. The van der Waals surface area contributed by atoms with E-state index in [2.05, 4.69) is 142 Å². The van der Waals surface area contributed by atoms with Crippen LogP contribution in [0.2, 0.25) is 0 Å². The van der Waals surface area contributed by atoms with Crippen LogP contribution in [0.3, 0.4) is 0 Å². The van der Waals surface area contributed by atoms with E-state index in [1.165, 1.54) is 96.3 Å². The predicted molar refractivity (Wildman–Crippen MR) is 316 cm³/mol. The van der Waals surface area contributed by atoms with Gasteiger partial charge >= 0.3 is 17.9 Å². The Morgan fingerprint density at radius 2 is 0.562 bits per heavy atom.